The van der Waals surface area contributed by atoms with Gasteiger partial charge in [-0.1, -0.05) is 22.8 Å². The summed E-state index contributed by atoms with van der Waals surface area (Å²) in [6.45, 7) is 0. The molecule has 1 N–H and O–H groups in total. The molecule has 0 aliphatic carbocycles. The third kappa shape index (κ3) is 1.89. The van der Waals surface area contributed by atoms with Crippen LogP contribution in [0.2, 0.25) is 5.02 Å². The zero-order chi connectivity index (χ0) is 11.8. The summed E-state index contributed by atoms with van der Waals surface area (Å²) in [6, 6.07) is 5.45. The van der Waals surface area contributed by atoms with E-state index in [4.69, 9.17) is 16.0 Å². The van der Waals surface area contributed by atoms with Crippen LogP contribution >= 0.6 is 11.6 Å². The first-order chi connectivity index (χ1) is 8.24. The highest BCUT2D eigenvalue weighted by Crippen LogP contribution is 2.29. The molecule has 5 nitrogen and oxygen atoms in total. The molecule has 0 saturated carbocycles. The standard InChI is InChI=1S/C10H7ClN2O3S/c11-7-2-1-3-8-10(7)6(5-15-8)4-9-12-16-17(14)13-9/h1-3,5H,4H2,(H,12,13). The number of amidine groups is 1. The maximum atomic E-state index is 10.9. The number of nitrogens with one attached hydrogen (secondary N) is 1. The lowest BCUT2D eigenvalue weighted by Gasteiger charge is -1.98. The number of oxime groups is 1. The highest BCUT2D eigenvalue weighted by molar-refractivity contribution is 7.79. The highest BCUT2D eigenvalue weighted by atomic mass is 35.5. The summed E-state index contributed by atoms with van der Waals surface area (Å²) in [5.41, 5.74) is 1.59. The van der Waals surface area contributed by atoms with Crippen molar-refractivity contribution in [2.75, 3.05) is 0 Å². The minimum absolute atomic E-state index is 0.433. The van der Waals surface area contributed by atoms with E-state index in [-0.39, 0.29) is 0 Å². The first-order valence-electron chi connectivity index (χ1n) is 4.81. The van der Waals surface area contributed by atoms with Crippen LogP contribution < -0.4 is 4.72 Å². The van der Waals surface area contributed by atoms with Crippen molar-refractivity contribution >= 4 is 39.7 Å². The van der Waals surface area contributed by atoms with Gasteiger partial charge in [0.2, 0.25) is 0 Å². The van der Waals surface area contributed by atoms with Crippen LogP contribution in [-0.4, -0.2) is 10.0 Å². The van der Waals surface area contributed by atoms with Gasteiger partial charge in [0.15, 0.2) is 5.84 Å². The quantitative estimate of drug-likeness (QED) is 0.909. The van der Waals surface area contributed by atoms with Crippen LogP contribution in [0.5, 0.6) is 0 Å². The third-order valence-corrected chi connectivity index (χ3v) is 3.33. The zero-order valence-electron chi connectivity index (χ0n) is 8.47. The molecule has 0 saturated heterocycles. The van der Waals surface area contributed by atoms with Crippen LogP contribution in [0.25, 0.3) is 11.0 Å². The van der Waals surface area contributed by atoms with Crippen molar-refractivity contribution < 1.29 is 12.9 Å². The molecule has 1 unspecified atom stereocenters. The number of rotatable bonds is 2. The number of fused-ring (bicyclic) bond motifs is 1. The van der Waals surface area contributed by atoms with Gasteiger partial charge in [0.1, 0.15) is 5.58 Å². The van der Waals surface area contributed by atoms with Gasteiger partial charge in [0, 0.05) is 17.4 Å². The predicted molar refractivity (Wildman–Crippen MR) is 64.7 cm³/mol. The van der Waals surface area contributed by atoms with Gasteiger partial charge in [0.05, 0.1) is 11.3 Å². The molecular weight excluding hydrogens is 264 g/mol. The van der Waals surface area contributed by atoms with Crippen LogP contribution in [0.3, 0.4) is 0 Å². The molecule has 2 aromatic rings. The fourth-order valence-corrected chi connectivity index (χ4v) is 2.48. The monoisotopic (exact) mass is 270 g/mol. The lowest BCUT2D eigenvalue weighted by atomic mass is 10.1. The number of hydrogen-bond donors (Lipinski definition) is 1. The molecule has 0 spiro atoms. The van der Waals surface area contributed by atoms with Crippen molar-refractivity contribution in [3.8, 4) is 0 Å². The average molecular weight is 271 g/mol. The summed E-state index contributed by atoms with van der Waals surface area (Å²) in [7, 11) is 0. The smallest absolute Gasteiger partial charge is 0.338 e. The van der Waals surface area contributed by atoms with Gasteiger partial charge >= 0.3 is 11.3 Å². The zero-order valence-corrected chi connectivity index (χ0v) is 10.0. The lowest BCUT2D eigenvalue weighted by Crippen LogP contribution is -2.21. The number of hydrogen-bond acceptors (Lipinski definition) is 4. The molecule has 1 aliphatic rings. The Morgan fingerprint density at radius 1 is 1.47 bits per heavy atom. The van der Waals surface area contributed by atoms with Crippen molar-refractivity contribution in [1.29, 1.82) is 0 Å². The van der Waals surface area contributed by atoms with E-state index in [9.17, 15) is 4.21 Å². The lowest BCUT2D eigenvalue weighted by molar-refractivity contribution is 0.384. The van der Waals surface area contributed by atoms with Gasteiger partial charge < -0.3 is 4.42 Å². The van der Waals surface area contributed by atoms with E-state index < -0.39 is 11.3 Å². The molecule has 0 fully saturated rings. The van der Waals surface area contributed by atoms with Gasteiger partial charge in [-0.2, -0.15) is 4.21 Å². The Hall–Kier alpha value is -1.53. The normalized spacial score (nSPS) is 18.9. The van der Waals surface area contributed by atoms with E-state index >= 15 is 0 Å². The largest absolute Gasteiger partial charge is 0.464 e. The predicted octanol–water partition coefficient (Wildman–Crippen LogP) is 2.14. The molecule has 1 aromatic carbocycles. The molecule has 0 bridgehead atoms. The molecule has 3 rings (SSSR count). The Bertz CT molecular complexity index is 638. The number of halogens is 1. The first-order valence-corrected chi connectivity index (χ1v) is 6.27. The van der Waals surface area contributed by atoms with E-state index in [2.05, 4.69) is 14.2 Å². The minimum atomic E-state index is -1.57. The van der Waals surface area contributed by atoms with E-state index in [1.807, 2.05) is 12.1 Å². The van der Waals surface area contributed by atoms with Gasteiger partial charge in [-0.15, -0.1) is 0 Å². The Morgan fingerprint density at radius 3 is 3.12 bits per heavy atom. The second kappa shape index (κ2) is 4.05. The van der Waals surface area contributed by atoms with E-state index in [1.54, 1.807) is 12.3 Å². The maximum Gasteiger partial charge on any atom is 0.338 e. The second-order valence-corrected chi connectivity index (χ2v) is 4.73. The van der Waals surface area contributed by atoms with Crippen LogP contribution in [0.15, 0.2) is 34.0 Å². The molecule has 17 heavy (non-hydrogen) atoms. The first kappa shape index (κ1) is 10.6. The number of benzene rings is 1. The molecule has 0 radical (unpaired) electrons. The SMILES string of the molecule is O=S1NC(Cc2coc3cccc(Cl)c23)=NO1. The molecule has 2 heterocycles. The Labute approximate surface area is 104 Å². The fourth-order valence-electron chi connectivity index (χ4n) is 1.70. The molecule has 1 atom stereocenters. The molecule has 1 aromatic heterocycles. The van der Waals surface area contributed by atoms with Gasteiger partial charge in [-0.25, -0.2) is 0 Å². The second-order valence-electron chi connectivity index (χ2n) is 3.50. The fraction of sp³-hybridized carbons (Fsp3) is 0.100. The number of nitrogens with zero attached hydrogens (tertiary/aromatic N) is 1. The topological polar surface area (TPSA) is 63.8 Å². The van der Waals surface area contributed by atoms with E-state index in [0.717, 1.165) is 10.9 Å². The summed E-state index contributed by atoms with van der Waals surface area (Å²) < 4.78 is 23.4. The Balaban J connectivity index is 1.98. The van der Waals surface area contributed by atoms with Crippen molar-refractivity contribution in [3.63, 3.8) is 0 Å². The maximum absolute atomic E-state index is 10.9. The summed E-state index contributed by atoms with van der Waals surface area (Å²) >= 11 is 4.54. The van der Waals surface area contributed by atoms with Crippen LogP contribution in [0.4, 0.5) is 0 Å². The summed E-state index contributed by atoms with van der Waals surface area (Å²) in [6.07, 6.45) is 2.05. The summed E-state index contributed by atoms with van der Waals surface area (Å²) in [4.78, 5) is 0. The Morgan fingerprint density at radius 2 is 2.35 bits per heavy atom. The number of furan rings is 1. The van der Waals surface area contributed by atoms with Crippen LogP contribution in [-0.2, 0) is 22.0 Å². The summed E-state index contributed by atoms with van der Waals surface area (Å²) in [5.74, 6) is 0.492. The van der Waals surface area contributed by atoms with Crippen molar-refractivity contribution in [2.45, 2.75) is 6.42 Å². The Kier molecular flexibility index (Phi) is 2.53. The van der Waals surface area contributed by atoms with Crippen molar-refractivity contribution in [2.24, 2.45) is 5.16 Å². The molecular formula is C10H7ClN2O3S. The van der Waals surface area contributed by atoms with Crippen molar-refractivity contribution in [3.05, 3.63) is 35.0 Å². The average Bonchev–Trinajstić information content (AvgIpc) is 2.88. The van der Waals surface area contributed by atoms with Gasteiger partial charge in [0.25, 0.3) is 0 Å². The third-order valence-electron chi connectivity index (χ3n) is 2.40. The van der Waals surface area contributed by atoms with Gasteiger partial charge in [-0.3, -0.25) is 9.01 Å². The van der Waals surface area contributed by atoms with E-state index in [1.165, 1.54) is 0 Å². The van der Waals surface area contributed by atoms with E-state index in [0.29, 0.717) is 22.9 Å². The minimum Gasteiger partial charge on any atom is -0.464 e. The van der Waals surface area contributed by atoms with Gasteiger partial charge in [-0.05, 0) is 12.1 Å². The van der Waals surface area contributed by atoms with Crippen molar-refractivity contribution in [1.82, 2.24) is 4.72 Å². The highest BCUT2D eigenvalue weighted by Gasteiger charge is 2.18. The molecule has 1 aliphatic heterocycles. The molecule has 0 amide bonds. The van der Waals surface area contributed by atoms with Crippen LogP contribution in [0, 0.1) is 0 Å². The molecule has 7 heteroatoms. The summed E-state index contributed by atoms with van der Waals surface area (Å²) in [5, 5.41) is 5.11. The van der Waals surface area contributed by atoms with Crippen LogP contribution in [0.1, 0.15) is 5.56 Å². The molecule has 88 valence electrons.